The van der Waals surface area contributed by atoms with Gasteiger partial charge in [-0.3, -0.25) is 9.88 Å². The molecule has 0 unspecified atom stereocenters. The van der Waals surface area contributed by atoms with Gasteiger partial charge in [-0.15, -0.1) is 0 Å². The van der Waals surface area contributed by atoms with Crippen molar-refractivity contribution in [3.63, 3.8) is 0 Å². The second kappa shape index (κ2) is 11.1. The number of aliphatic carboxylic acids is 1. The molecule has 3 heterocycles. The van der Waals surface area contributed by atoms with E-state index in [1.165, 1.54) is 0 Å². The van der Waals surface area contributed by atoms with Gasteiger partial charge in [0.2, 0.25) is 10.0 Å². The number of aromatic nitrogens is 1. The summed E-state index contributed by atoms with van der Waals surface area (Å²) in [5, 5.41) is 7.12. The molecule has 0 bridgehead atoms. The molecule has 2 aromatic rings. The second-order valence-corrected chi connectivity index (χ2v) is 11.1. The lowest BCUT2D eigenvalue weighted by Crippen LogP contribution is -2.53. The molecule has 12 heteroatoms. The van der Waals surface area contributed by atoms with Crippen LogP contribution in [0.1, 0.15) is 32.4 Å². The first kappa shape index (κ1) is 27.9. The molecule has 0 amide bonds. The summed E-state index contributed by atoms with van der Waals surface area (Å²) in [6.45, 7) is 7.59. The SMILES string of the molecule is CC(C)N1CC2(CCN(Cc3ccccn3)CC2)COc2ccccc2S1(=O)=O.O=C(O)C(F)(F)F. The lowest BCUT2D eigenvalue weighted by Gasteiger charge is -2.45. The quantitative estimate of drug-likeness (QED) is 0.646. The van der Waals surface area contributed by atoms with Crippen LogP contribution in [0.5, 0.6) is 5.75 Å². The fourth-order valence-electron chi connectivity index (χ4n) is 4.27. The Hall–Kier alpha value is -2.70. The van der Waals surface area contributed by atoms with E-state index >= 15 is 0 Å². The van der Waals surface area contributed by atoms with Gasteiger partial charge in [-0.05, 0) is 64.0 Å². The van der Waals surface area contributed by atoms with E-state index in [0.29, 0.717) is 18.9 Å². The van der Waals surface area contributed by atoms with Crippen LogP contribution in [0, 0.1) is 5.41 Å². The number of rotatable bonds is 3. The molecule has 4 rings (SSSR count). The van der Waals surface area contributed by atoms with Crippen LogP contribution >= 0.6 is 0 Å². The topological polar surface area (TPSA) is 100 Å². The van der Waals surface area contributed by atoms with Crippen LogP contribution < -0.4 is 4.74 Å². The Labute approximate surface area is 208 Å². The number of hydrogen-bond acceptors (Lipinski definition) is 6. The maximum absolute atomic E-state index is 13.4. The third kappa shape index (κ3) is 6.74. The molecular weight excluding hydrogens is 499 g/mol. The molecule has 1 aromatic heterocycles. The van der Waals surface area contributed by atoms with Crippen molar-refractivity contribution in [1.29, 1.82) is 0 Å². The fourth-order valence-corrected chi connectivity index (χ4v) is 6.15. The number of nitrogens with zero attached hydrogens (tertiary/aromatic N) is 3. The van der Waals surface area contributed by atoms with Gasteiger partial charge in [0.05, 0.1) is 12.3 Å². The number of carboxylic acid groups (broad SMARTS) is 1. The lowest BCUT2D eigenvalue weighted by atomic mass is 9.78. The number of sulfonamides is 1. The zero-order chi connectivity index (χ0) is 26.6. The number of piperidine rings is 1. The van der Waals surface area contributed by atoms with Crippen molar-refractivity contribution in [3.8, 4) is 5.75 Å². The number of halogens is 3. The number of hydrogen-bond donors (Lipinski definition) is 1. The van der Waals surface area contributed by atoms with E-state index in [-0.39, 0.29) is 16.4 Å². The first-order chi connectivity index (χ1) is 16.8. The summed E-state index contributed by atoms with van der Waals surface area (Å²) >= 11 is 0. The van der Waals surface area contributed by atoms with Gasteiger partial charge >= 0.3 is 12.1 Å². The zero-order valence-corrected chi connectivity index (χ0v) is 20.9. The molecule has 0 saturated carbocycles. The van der Waals surface area contributed by atoms with Crippen LogP contribution in [0.2, 0.25) is 0 Å². The Bertz CT molecular complexity index is 1140. The molecule has 0 aliphatic carbocycles. The number of likely N-dealkylation sites (tertiary alicyclic amines) is 1. The lowest BCUT2D eigenvalue weighted by molar-refractivity contribution is -0.192. The highest BCUT2D eigenvalue weighted by Crippen LogP contribution is 2.40. The van der Waals surface area contributed by atoms with E-state index in [1.807, 2.05) is 44.3 Å². The van der Waals surface area contributed by atoms with E-state index < -0.39 is 22.2 Å². The largest absolute Gasteiger partial charge is 0.492 e. The van der Waals surface area contributed by atoms with Crippen molar-refractivity contribution in [2.45, 2.75) is 50.3 Å². The number of carboxylic acids is 1. The number of pyridine rings is 1. The molecule has 1 saturated heterocycles. The third-order valence-corrected chi connectivity index (χ3v) is 8.37. The van der Waals surface area contributed by atoms with Gasteiger partial charge in [-0.2, -0.15) is 17.5 Å². The van der Waals surface area contributed by atoms with Gasteiger partial charge in [0.25, 0.3) is 0 Å². The fraction of sp³-hybridized carbons (Fsp3) is 0.500. The summed E-state index contributed by atoms with van der Waals surface area (Å²) < 4.78 is 66.3. The number of fused-ring (bicyclic) bond motifs is 1. The minimum absolute atomic E-state index is 0.102. The van der Waals surface area contributed by atoms with Crippen molar-refractivity contribution in [2.24, 2.45) is 5.41 Å². The van der Waals surface area contributed by atoms with Crippen molar-refractivity contribution in [3.05, 3.63) is 54.4 Å². The van der Waals surface area contributed by atoms with E-state index in [1.54, 1.807) is 22.5 Å². The third-order valence-electron chi connectivity index (χ3n) is 6.31. The highest BCUT2D eigenvalue weighted by atomic mass is 32.2. The van der Waals surface area contributed by atoms with Crippen LogP contribution in [0.15, 0.2) is 53.6 Å². The van der Waals surface area contributed by atoms with Crippen LogP contribution in [-0.4, -0.2) is 72.1 Å². The highest BCUT2D eigenvalue weighted by Gasteiger charge is 2.43. The van der Waals surface area contributed by atoms with Crippen LogP contribution in [0.3, 0.4) is 0 Å². The predicted octanol–water partition coefficient (Wildman–Crippen LogP) is 3.79. The summed E-state index contributed by atoms with van der Waals surface area (Å²) in [5.41, 5.74) is 0.892. The molecule has 2 aliphatic rings. The van der Waals surface area contributed by atoms with Gasteiger partial charge in [0.15, 0.2) is 0 Å². The molecule has 198 valence electrons. The number of benzene rings is 1. The van der Waals surface area contributed by atoms with E-state index in [4.69, 9.17) is 14.6 Å². The van der Waals surface area contributed by atoms with Crippen molar-refractivity contribution in [2.75, 3.05) is 26.2 Å². The Balaban J connectivity index is 0.000000454. The minimum atomic E-state index is -5.08. The summed E-state index contributed by atoms with van der Waals surface area (Å²) in [5.74, 6) is -2.29. The molecule has 1 spiro atoms. The molecule has 2 aliphatic heterocycles. The van der Waals surface area contributed by atoms with Crippen molar-refractivity contribution in [1.82, 2.24) is 14.2 Å². The first-order valence-electron chi connectivity index (χ1n) is 11.5. The Morgan fingerprint density at radius 1 is 1.14 bits per heavy atom. The van der Waals surface area contributed by atoms with Gasteiger partial charge < -0.3 is 9.84 Å². The van der Waals surface area contributed by atoms with Crippen LogP contribution in [0.25, 0.3) is 0 Å². The average Bonchev–Trinajstić information content (AvgIpc) is 2.82. The summed E-state index contributed by atoms with van der Waals surface area (Å²) in [4.78, 5) is 16.0. The van der Waals surface area contributed by atoms with Crippen LogP contribution in [-0.2, 0) is 21.4 Å². The van der Waals surface area contributed by atoms with Crippen LogP contribution in [0.4, 0.5) is 13.2 Å². The van der Waals surface area contributed by atoms with Gasteiger partial charge in [0, 0.05) is 30.7 Å². The van der Waals surface area contributed by atoms with Gasteiger partial charge in [0.1, 0.15) is 10.6 Å². The van der Waals surface area contributed by atoms with Crippen molar-refractivity contribution >= 4 is 16.0 Å². The van der Waals surface area contributed by atoms with Gasteiger partial charge in [-0.1, -0.05) is 18.2 Å². The molecule has 1 aromatic carbocycles. The normalized spacial score (nSPS) is 19.8. The predicted molar refractivity (Wildman–Crippen MR) is 126 cm³/mol. The Morgan fingerprint density at radius 3 is 2.31 bits per heavy atom. The molecule has 8 nitrogen and oxygen atoms in total. The number of carbonyl (C=O) groups is 1. The maximum Gasteiger partial charge on any atom is 0.490 e. The highest BCUT2D eigenvalue weighted by molar-refractivity contribution is 7.89. The molecule has 36 heavy (non-hydrogen) atoms. The van der Waals surface area contributed by atoms with Gasteiger partial charge in [-0.25, -0.2) is 13.2 Å². The molecule has 0 radical (unpaired) electrons. The molecule has 1 fully saturated rings. The first-order valence-corrected chi connectivity index (χ1v) is 12.9. The number of para-hydroxylation sites is 1. The Kier molecular flexibility index (Phi) is 8.63. The van der Waals surface area contributed by atoms with E-state index in [9.17, 15) is 21.6 Å². The van der Waals surface area contributed by atoms with Crippen molar-refractivity contribution < 1.29 is 36.2 Å². The molecule has 1 N–H and O–H groups in total. The summed E-state index contributed by atoms with van der Waals surface area (Å²) in [7, 11) is -3.59. The average molecular weight is 530 g/mol. The molecule has 0 atom stereocenters. The second-order valence-electron chi connectivity index (χ2n) is 9.28. The monoisotopic (exact) mass is 529 g/mol. The molecular formula is C24H30F3N3O5S. The zero-order valence-electron chi connectivity index (χ0n) is 20.1. The minimum Gasteiger partial charge on any atom is -0.492 e. The summed E-state index contributed by atoms with van der Waals surface area (Å²) in [6, 6.07) is 12.9. The standard InChI is InChI=1S/C22H29N3O3S.C2HF3O2/c1-18(2)25-16-22(17-28-20-8-3-4-9-21(20)29(25,26)27)10-13-24(14-11-22)15-19-7-5-6-12-23-19;3-2(4,5)1(6)7/h3-9,12,18H,10-11,13-17H2,1-2H3;(H,6,7). The number of alkyl halides is 3. The number of ether oxygens (including phenoxy) is 1. The van der Waals surface area contributed by atoms with E-state index in [2.05, 4.69) is 9.88 Å². The smallest absolute Gasteiger partial charge is 0.490 e. The van der Waals surface area contributed by atoms with E-state index in [0.717, 1.165) is 38.2 Å². The Morgan fingerprint density at radius 2 is 1.75 bits per heavy atom. The maximum atomic E-state index is 13.4. The summed E-state index contributed by atoms with van der Waals surface area (Å²) in [6.07, 6.45) is -1.45.